The van der Waals surface area contributed by atoms with Crippen LogP contribution in [-0.2, 0) is 9.53 Å². The van der Waals surface area contributed by atoms with Crippen molar-refractivity contribution in [3.63, 3.8) is 0 Å². The standard InChI is InChI=1S/C20H30NO3.BrH/c1-14(2)21(3)16-9-10-17(21)12-18(11-16)24-20(23)19(13-22)15-7-5-4-6-8-15;/h4-8,14,16-19,22H,9-13H2,1-3H3;1H/q+1;/p-1/i3D3;. The molecule has 0 spiro atoms. The number of nitrogens with zero attached hydrogens (tertiary/aromatic N) is 1. The van der Waals surface area contributed by atoms with Gasteiger partial charge >= 0.3 is 5.97 Å². The molecule has 4 nitrogen and oxygen atoms in total. The van der Waals surface area contributed by atoms with Crippen LogP contribution in [-0.4, -0.2) is 53.4 Å². The van der Waals surface area contributed by atoms with Gasteiger partial charge in [0.25, 0.3) is 0 Å². The highest BCUT2D eigenvalue weighted by molar-refractivity contribution is 5.78. The van der Waals surface area contributed by atoms with Crippen molar-refractivity contribution in [2.24, 2.45) is 0 Å². The molecule has 0 aliphatic carbocycles. The minimum Gasteiger partial charge on any atom is -1.00 e. The zero-order chi connectivity index (χ0) is 19.8. The number of benzene rings is 1. The van der Waals surface area contributed by atoms with Gasteiger partial charge in [0.15, 0.2) is 0 Å². The number of hydrogen-bond donors (Lipinski definition) is 1. The van der Waals surface area contributed by atoms with Gasteiger partial charge in [-0.15, -0.1) is 0 Å². The zero-order valence-electron chi connectivity index (χ0n) is 17.9. The molecule has 2 bridgehead atoms. The van der Waals surface area contributed by atoms with E-state index in [2.05, 4.69) is 0 Å². The molecule has 2 heterocycles. The lowest BCUT2D eigenvalue weighted by molar-refractivity contribution is -0.968. The monoisotopic (exact) mass is 414 g/mol. The van der Waals surface area contributed by atoms with Crippen molar-refractivity contribution in [1.29, 1.82) is 0 Å². The Morgan fingerprint density at radius 2 is 1.88 bits per heavy atom. The molecule has 3 unspecified atom stereocenters. The lowest BCUT2D eigenvalue weighted by Crippen LogP contribution is -3.00. The molecular weight excluding hydrogens is 382 g/mol. The maximum absolute atomic E-state index is 12.7. The van der Waals surface area contributed by atoms with Crippen molar-refractivity contribution >= 4 is 5.97 Å². The van der Waals surface area contributed by atoms with Crippen LogP contribution < -0.4 is 17.0 Å². The van der Waals surface area contributed by atoms with Crippen LogP contribution >= 0.6 is 0 Å². The van der Waals surface area contributed by atoms with Crippen molar-refractivity contribution < 1.29 is 40.2 Å². The number of ether oxygens (including phenoxy) is 1. The van der Waals surface area contributed by atoms with Crippen molar-refractivity contribution in [3.05, 3.63) is 35.9 Å². The summed E-state index contributed by atoms with van der Waals surface area (Å²) in [5.74, 6) is -1.12. The van der Waals surface area contributed by atoms with Gasteiger partial charge in [0, 0.05) is 25.7 Å². The van der Waals surface area contributed by atoms with E-state index in [1.165, 1.54) is 0 Å². The highest BCUT2D eigenvalue weighted by Gasteiger charge is 2.53. The fourth-order valence-electron chi connectivity index (χ4n) is 4.59. The molecule has 2 aliphatic rings. The van der Waals surface area contributed by atoms with Gasteiger partial charge in [0.05, 0.1) is 35.8 Å². The first-order chi connectivity index (χ1) is 12.7. The fourth-order valence-corrected chi connectivity index (χ4v) is 4.59. The predicted molar refractivity (Wildman–Crippen MR) is 93.5 cm³/mol. The van der Waals surface area contributed by atoms with E-state index < -0.39 is 18.9 Å². The van der Waals surface area contributed by atoms with E-state index in [4.69, 9.17) is 8.85 Å². The molecule has 1 N–H and O–H groups in total. The minimum absolute atomic E-state index is 0. The van der Waals surface area contributed by atoms with Gasteiger partial charge in [0.2, 0.25) is 0 Å². The number of carbonyl (C=O) groups excluding carboxylic acids is 1. The molecule has 25 heavy (non-hydrogen) atoms. The highest BCUT2D eigenvalue weighted by atomic mass is 79.9. The summed E-state index contributed by atoms with van der Waals surface area (Å²) in [6.45, 7) is 1.61. The number of aliphatic hydroxyl groups excluding tert-OH is 1. The number of hydrogen-bond acceptors (Lipinski definition) is 3. The average molecular weight is 415 g/mol. The van der Waals surface area contributed by atoms with E-state index in [1.54, 1.807) is 0 Å². The average Bonchev–Trinajstić information content (AvgIpc) is 2.83. The van der Waals surface area contributed by atoms with Crippen molar-refractivity contribution in [1.82, 2.24) is 0 Å². The van der Waals surface area contributed by atoms with Crippen LogP contribution in [0.15, 0.2) is 30.3 Å². The van der Waals surface area contributed by atoms with E-state index in [0.717, 1.165) is 18.4 Å². The molecule has 3 rings (SSSR count). The van der Waals surface area contributed by atoms with E-state index in [1.807, 2.05) is 44.2 Å². The molecule has 0 amide bonds. The Balaban J connectivity index is 0.00000280. The maximum Gasteiger partial charge on any atom is 0.316 e. The van der Waals surface area contributed by atoms with Gasteiger partial charge in [-0.3, -0.25) is 4.79 Å². The first kappa shape index (κ1) is 16.3. The molecule has 5 heteroatoms. The van der Waals surface area contributed by atoms with Crippen LogP contribution in [0.25, 0.3) is 0 Å². The summed E-state index contributed by atoms with van der Waals surface area (Å²) < 4.78 is 30.5. The third kappa shape index (κ3) is 3.79. The largest absolute Gasteiger partial charge is 1.00 e. The molecule has 1 aromatic rings. The second kappa shape index (κ2) is 8.19. The Bertz CT molecular complexity index is 654. The fraction of sp³-hybridized carbons (Fsp3) is 0.650. The molecule has 140 valence electrons. The summed E-state index contributed by atoms with van der Waals surface area (Å²) in [7, 11) is 0. The Labute approximate surface area is 165 Å². The molecular formula is C20H30BrNO3. The first-order valence-corrected chi connectivity index (χ1v) is 8.96. The van der Waals surface area contributed by atoms with E-state index >= 15 is 0 Å². The SMILES string of the molecule is [2H]C([2H])([2H])[N+]1(C(C)C)C2CCC1CC(OC(=O)C(CO)c1ccccc1)C2.[Br-]. The molecule has 2 saturated heterocycles. The molecule has 1 aromatic carbocycles. The van der Waals surface area contributed by atoms with E-state index in [0.29, 0.717) is 12.8 Å². The number of piperidine rings is 1. The zero-order valence-corrected chi connectivity index (χ0v) is 16.5. The smallest absolute Gasteiger partial charge is 0.316 e. The Kier molecular flexibility index (Phi) is 5.33. The van der Waals surface area contributed by atoms with Gasteiger partial charge in [-0.05, 0) is 19.4 Å². The molecule has 0 radical (unpaired) electrons. The van der Waals surface area contributed by atoms with Crippen molar-refractivity contribution in [2.45, 2.75) is 69.7 Å². The number of quaternary nitrogens is 1. The van der Waals surface area contributed by atoms with Gasteiger partial charge in [-0.1, -0.05) is 30.3 Å². The third-order valence-electron chi connectivity index (χ3n) is 5.92. The van der Waals surface area contributed by atoms with Crippen LogP contribution in [0, 0.1) is 0 Å². The number of fused-ring (bicyclic) bond motifs is 2. The quantitative estimate of drug-likeness (QED) is 0.538. The Hall–Kier alpha value is -0.910. The Morgan fingerprint density at radius 1 is 1.28 bits per heavy atom. The lowest BCUT2D eigenvalue weighted by atomic mass is 9.94. The molecule has 0 saturated carbocycles. The summed E-state index contributed by atoms with van der Waals surface area (Å²) in [6.07, 6.45) is 2.59. The minimum atomic E-state index is -2.06. The topological polar surface area (TPSA) is 46.5 Å². The van der Waals surface area contributed by atoms with Crippen LogP contribution in [0.1, 0.15) is 55.1 Å². The Morgan fingerprint density at radius 3 is 2.36 bits per heavy atom. The number of aliphatic hydroxyl groups is 1. The second-order valence-corrected chi connectivity index (χ2v) is 7.49. The summed E-state index contributed by atoms with van der Waals surface area (Å²) >= 11 is 0. The van der Waals surface area contributed by atoms with E-state index in [9.17, 15) is 9.90 Å². The number of halogens is 1. The molecule has 2 fully saturated rings. The van der Waals surface area contributed by atoms with Crippen LogP contribution in [0.2, 0.25) is 0 Å². The first-order valence-electron chi connectivity index (χ1n) is 10.5. The molecule has 2 aliphatic heterocycles. The van der Waals surface area contributed by atoms with Crippen molar-refractivity contribution in [2.75, 3.05) is 13.6 Å². The number of carbonyl (C=O) groups is 1. The maximum atomic E-state index is 12.7. The van der Waals surface area contributed by atoms with Crippen LogP contribution in [0.3, 0.4) is 0 Å². The van der Waals surface area contributed by atoms with Gasteiger partial charge in [0.1, 0.15) is 12.0 Å². The van der Waals surface area contributed by atoms with E-state index in [-0.39, 0.29) is 52.3 Å². The molecule has 3 atom stereocenters. The summed E-state index contributed by atoms with van der Waals surface area (Å²) in [5.41, 5.74) is 0.735. The van der Waals surface area contributed by atoms with Gasteiger partial charge in [-0.2, -0.15) is 0 Å². The highest BCUT2D eigenvalue weighted by Crippen LogP contribution is 2.44. The van der Waals surface area contributed by atoms with Crippen molar-refractivity contribution in [3.8, 4) is 0 Å². The summed E-state index contributed by atoms with van der Waals surface area (Å²) in [6, 6.07) is 9.11. The number of esters is 1. The normalized spacial score (nSPS) is 34.4. The number of rotatable bonds is 5. The van der Waals surface area contributed by atoms with Gasteiger partial charge in [-0.25, -0.2) is 0 Å². The third-order valence-corrected chi connectivity index (χ3v) is 5.92. The molecule has 0 aromatic heterocycles. The predicted octanol–water partition coefficient (Wildman–Crippen LogP) is -0.142. The summed E-state index contributed by atoms with van der Waals surface area (Å²) in [5, 5.41) is 9.68. The van der Waals surface area contributed by atoms with Crippen LogP contribution in [0.4, 0.5) is 0 Å². The summed E-state index contributed by atoms with van der Waals surface area (Å²) in [4.78, 5) is 12.7. The lowest BCUT2D eigenvalue weighted by Gasteiger charge is -2.49. The second-order valence-electron chi connectivity index (χ2n) is 7.49. The van der Waals surface area contributed by atoms with Crippen LogP contribution in [0.5, 0.6) is 0 Å². The van der Waals surface area contributed by atoms with Gasteiger partial charge < -0.3 is 31.3 Å².